The third-order valence-electron chi connectivity index (χ3n) is 3.81. The van der Waals surface area contributed by atoms with Gasteiger partial charge in [-0.3, -0.25) is 4.79 Å². The molecule has 104 valence electrons. The van der Waals surface area contributed by atoms with Crippen LogP contribution in [-0.4, -0.2) is 22.5 Å². The van der Waals surface area contributed by atoms with Gasteiger partial charge in [0.1, 0.15) is 0 Å². The maximum absolute atomic E-state index is 12.5. The number of likely N-dealkylation sites (tertiary alicyclic amines) is 1. The quantitative estimate of drug-likeness (QED) is 0.841. The fraction of sp³-hybridized carbons (Fsp3) is 0.375. The SMILES string of the molecule is Cc1ccc([C@H]2CCCN2C(=O)c2cc(C)no2)cc1. The van der Waals surface area contributed by atoms with Gasteiger partial charge in [0.2, 0.25) is 5.76 Å². The Balaban J connectivity index is 1.85. The van der Waals surface area contributed by atoms with Crippen LogP contribution in [0.3, 0.4) is 0 Å². The first-order valence-corrected chi connectivity index (χ1v) is 6.96. The third kappa shape index (κ3) is 2.33. The number of carbonyl (C=O) groups is 1. The van der Waals surface area contributed by atoms with Crippen LogP contribution in [-0.2, 0) is 0 Å². The van der Waals surface area contributed by atoms with E-state index in [-0.39, 0.29) is 11.9 Å². The summed E-state index contributed by atoms with van der Waals surface area (Å²) in [6.07, 6.45) is 2.03. The summed E-state index contributed by atoms with van der Waals surface area (Å²) in [6.45, 7) is 4.66. The largest absolute Gasteiger partial charge is 0.351 e. The molecule has 1 amide bonds. The van der Waals surface area contributed by atoms with Crippen LogP contribution in [0, 0.1) is 13.8 Å². The van der Waals surface area contributed by atoms with Crippen molar-refractivity contribution in [2.24, 2.45) is 0 Å². The highest BCUT2D eigenvalue weighted by Crippen LogP contribution is 2.33. The molecule has 0 unspecified atom stereocenters. The molecule has 0 bridgehead atoms. The number of aromatic nitrogens is 1. The zero-order chi connectivity index (χ0) is 14.1. The summed E-state index contributed by atoms with van der Waals surface area (Å²) in [7, 11) is 0. The number of hydrogen-bond acceptors (Lipinski definition) is 3. The van der Waals surface area contributed by atoms with Gasteiger partial charge in [-0.1, -0.05) is 35.0 Å². The molecule has 2 heterocycles. The molecule has 1 aromatic heterocycles. The summed E-state index contributed by atoms with van der Waals surface area (Å²) in [5, 5.41) is 3.80. The van der Waals surface area contributed by atoms with Gasteiger partial charge in [-0.05, 0) is 32.3 Å². The highest BCUT2D eigenvalue weighted by atomic mass is 16.5. The lowest BCUT2D eigenvalue weighted by Crippen LogP contribution is -2.30. The van der Waals surface area contributed by atoms with Crippen molar-refractivity contribution in [1.82, 2.24) is 10.1 Å². The highest BCUT2D eigenvalue weighted by Gasteiger charge is 2.32. The lowest BCUT2D eigenvalue weighted by molar-refractivity contribution is 0.0693. The van der Waals surface area contributed by atoms with E-state index in [0.29, 0.717) is 5.76 Å². The number of nitrogens with zero attached hydrogens (tertiary/aromatic N) is 2. The van der Waals surface area contributed by atoms with Crippen molar-refractivity contribution in [2.75, 3.05) is 6.54 Å². The number of carbonyl (C=O) groups excluding carboxylic acids is 1. The van der Waals surface area contributed by atoms with E-state index in [0.717, 1.165) is 25.1 Å². The Hall–Kier alpha value is -2.10. The molecule has 2 aromatic rings. The lowest BCUT2D eigenvalue weighted by atomic mass is 10.0. The summed E-state index contributed by atoms with van der Waals surface area (Å²) in [4.78, 5) is 14.4. The zero-order valence-electron chi connectivity index (χ0n) is 11.8. The average molecular weight is 270 g/mol. The minimum atomic E-state index is -0.0614. The van der Waals surface area contributed by atoms with E-state index in [1.165, 1.54) is 11.1 Å². The summed E-state index contributed by atoms with van der Waals surface area (Å²) >= 11 is 0. The van der Waals surface area contributed by atoms with Crippen LogP contribution in [0.4, 0.5) is 0 Å². The standard InChI is InChI=1S/C16H18N2O2/c1-11-5-7-13(8-6-11)14-4-3-9-18(14)16(19)15-10-12(2)17-20-15/h5-8,10,14H,3-4,9H2,1-2H3/t14-/m1/s1. The molecule has 0 radical (unpaired) electrons. The first-order valence-electron chi connectivity index (χ1n) is 6.96. The van der Waals surface area contributed by atoms with Gasteiger partial charge in [0.15, 0.2) is 0 Å². The highest BCUT2D eigenvalue weighted by molar-refractivity contribution is 5.92. The molecule has 4 heteroatoms. The van der Waals surface area contributed by atoms with Gasteiger partial charge < -0.3 is 9.42 Å². The Morgan fingerprint density at radius 2 is 2.05 bits per heavy atom. The molecule has 4 nitrogen and oxygen atoms in total. The molecule has 1 aliphatic rings. The molecule has 3 rings (SSSR count). The van der Waals surface area contributed by atoms with Gasteiger partial charge in [0.05, 0.1) is 11.7 Å². The molecule has 1 aliphatic heterocycles. The molecule has 0 saturated carbocycles. The number of rotatable bonds is 2. The van der Waals surface area contributed by atoms with Gasteiger partial charge in [-0.2, -0.15) is 0 Å². The fourth-order valence-corrected chi connectivity index (χ4v) is 2.75. The van der Waals surface area contributed by atoms with E-state index >= 15 is 0 Å². The molecule has 1 saturated heterocycles. The van der Waals surface area contributed by atoms with E-state index in [2.05, 4.69) is 36.3 Å². The molecular weight excluding hydrogens is 252 g/mol. The Morgan fingerprint density at radius 3 is 2.70 bits per heavy atom. The summed E-state index contributed by atoms with van der Waals surface area (Å²) < 4.78 is 5.10. The first kappa shape index (κ1) is 12.9. The van der Waals surface area contributed by atoms with Gasteiger partial charge >= 0.3 is 0 Å². The molecule has 1 aromatic carbocycles. The Bertz CT molecular complexity index is 616. The van der Waals surface area contributed by atoms with Crippen LogP contribution in [0.1, 0.15) is 46.3 Å². The van der Waals surface area contributed by atoms with E-state index in [4.69, 9.17) is 4.52 Å². The van der Waals surface area contributed by atoms with Crippen molar-refractivity contribution in [1.29, 1.82) is 0 Å². The summed E-state index contributed by atoms with van der Waals surface area (Å²) in [5.74, 6) is 0.273. The zero-order valence-corrected chi connectivity index (χ0v) is 11.8. The third-order valence-corrected chi connectivity index (χ3v) is 3.81. The van der Waals surface area contributed by atoms with Crippen molar-refractivity contribution >= 4 is 5.91 Å². The minimum Gasteiger partial charge on any atom is -0.351 e. The van der Waals surface area contributed by atoms with Gasteiger partial charge in [-0.25, -0.2) is 0 Å². The van der Waals surface area contributed by atoms with E-state index in [9.17, 15) is 4.79 Å². The minimum absolute atomic E-state index is 0.0614. The van der Waals surface area contributed by atoms with Crippen LogP contribution in [0.25, 0.3) is 0 Å². The van der Waals surface area contributed by atoms with E-state index in [1.807, 2.05) is 11.8 Å². The summed E-state index contributed by atoms with van der Waals surface area (Å²) in [6, 6.07) is 10.2. The number of amides is 1. The second-order valence-corrected chi connectivity index (χ2v) is 5.40. The first-order chi connectivity index (χ1) is 9.65. The van der Waals surface area contributed by atoms with Crippen LogP contribution >= 0.6 is 0 Å². The average Bonchev–Trinajstić information content (AvgIpc) is 3.07. The van der Waals surface area contributed by atoms with Gasteiger partial charge in [0.25, 0.3) is 5.91 Å². The predicted molar refractivity (Wildman–Crippen MR) is 75.4 cm³/mol. The van der Waals surface area contributed by atoms with Crippen molar-refractivity contribution in [3.8, 4) is 0 Å². The van der Waals surface area contributed by atoms with E-state index in [1.54, 1.807) is 6.07 Å². The van der Waals surface area contributed by atoms with Crippen molar-refractivity contribution in [3.63, 3.8) is 0 Å². The van der Waals surface area contributed by atoms with Crippen molar-refractivity contribution in [3.05, 3.63) is 52.9 Å². The smallest absolute Gasteiger partial charge is 0.292 e. The van der Waals surface area contributed by atoms with Crippen LogP contribution in [0.2, 0.25) is 0 Å². The summed E-state index contributed by atoms with van der Waals surface area (Å²) in [5.41, 5.74) is 3.16. The number of aryl methyl sites for hydroxylation is 2. The molecule has 0 spiro atoms. The Kier molecular flexibility index (Phi) is 3.30. The van der Waals surface area contributed by atoms with Crippen LogP contribution < -0.4 is 0 Å². The second-order valence-electron chi connectivity index (χ2n) is 5.40. The molecule has 0 N–H and O–H groups in total. The van der Waals surface area contributed by atoms with Crippen LogP contribution in [0.5, 0.6) is 0 Å². The normalized spacial score (nSPS) is 18.5. The molecule has 1 atom stereocenters. The number of hydrogen-bond donors (Lipinski definition) is 0. The number of benzene rings is 1. The van der Waals surface area contributed by atoms with Gasteiger partial charge in [0, 0.05) is 12.6 Å². The molecule has 1 fully saturated rings. The van der Waals surface area contributed by atoms with Gasteiger partial charge in [-0.15, -0.1) is 0 Å². The Labute approximate surface area is 118 Å². The lowest BCUT2D eigenvalue weighted by Gasteiger charge is -2.24. The maximum Gasteiger partial charge on any atom is 0.292 e. The van der Waals surface area contributed by atoms with Crippen LogP contribution in [0.15, 0.2) is 34.9 Å². The van der Waals surface area contributed by atoms with Crippen molar-refractivity contribution in [2.45, 2.75) is 32.7 Å². The Morgan fingerprint density at radius 1 is 1.30 bits per heavy atom. The maximum atomic E-state index is 12.5. The molecule has 0 aliphatic carbocycles. The fourth-order valence-electron chi connectivity index (χ4n) is 2.75. The molecule has 20 heavy (non-hydrogen) atoms. The topological polar surface area (TPSA) is 46.3 Å². The van der Waals surface area contributed by atoms with Crippen molar-refractivity contribution < 1.29 is 9.32 Å². The van der Waals surface area contributed by atoms with E-state index < -0.39 is 0 Å². The molecular formula is C16H18N2O2. The second kappa shape index (κ2) is 5.12. The predicted octanol–water partition coefficient (Wildman–Crippen LogP) is 3.27. The monoisotopic (exact) mass is 270 g/mol.